The summed E-state index contributed by atoms with van der Waals surface area (Å²) in [6, 6.07) is 0. The highest BCUT2D eigenvalue weighted by molar-refractivity contribution is 5.65. The van der Waals surface area contributed by atoms with E-state index >= 15 is 0 Å². The maximum Gasteiger partial charge on any atom is 0.302 e. The van der Waals surface area contributed by atoms with E-state index in [0.717, 1.165) is 0 Å². The lowest BCUT2D eigenvalue weighted by Gasteiger charge is -2.42. The molecule has 0 saturated heterocycles. The van der Waals surface area contributed by atoms with Crippen molar-refractivity contribution in [1.29, 1.82) is 0 Å². The lowest BCUT2D eigenvalue weighted by atomic mass is 9.64. The molecule has 0 heterocycles. The van der Waals surface area contributed by atoms with Gasteiger partial charge in [-0.15, -0.1) is 0 Å². The Kier molecular flexibility index (Phi) is 3.57. The molecule has 14 heavy (non-hydrogen) atoms. The quantitative estimate of drug-likeness (QED) is 0.637. The van der Waals surface area contributed by atoms with Crippen LogP contribution in [0.15, 0.2) is 0 Å². The van der Waals surface area contributed by atoms with Crippen LogP contribution in [0, 0.1) is 17.3 Å². The van der Waals surface area contributed by atoms with Crippen LogP contribution in [0.2, 0.25) is 0 Å². The number of ether oxygens (including phenoxy) is 1. The van der Waals surface area contributed by atoms with E-state index in [2.05, 4.69) is 20.8 Å². The van der Waals surface area contributed by atoms with Crippen molar-refractivity contribution in [3.8, 4) is 0 Å². The molecule has 1 fully saturated rings. The van der Waals surface area contributed by atoms with Gasteiger partial charge in [-0.2, -0.15) is 0 Å². The summed E-state index contributed by atoms with van der Waals surface area (Å²) >= 11 is 0. The molecule has 0 spiro atoms. The van der Waals surface area contributed by atoms with Crippen molar-refractivity contribution in [3.63, 3.8) is 0 Å². The minimum atomic E-state index is -0.154. The van der Waals surface area contributed by atoms with E-state index in [-0.39, 0.29) is 5.97 Å². The van der Waals surface area contributed by atoms with Gasteiger partial charge in [0.15, 0.2) is 0 Å². The zero-order valence-electron chi connectivity index (χ0n) is 9.80. The van der Waals surface area contributed by atoms with Crippen molar-refractivity contribution in [1.82, 2.24) is 0 Å². The number of hydrogen-bond acceptors (Lipinski definition) is 2. The molecule has 0 aromatic heterocycles. The smallest absolute Gasteiger partial charge is 0.302 e. The van der Waals surface area contributed by atoms with Crippen molar-refractivity contribution in [3.05, 3.63) is 0 Å². The van der Waals surface area contributed by atoms with Gasteiger partial charge in [-0.1, -0.05) is 33.6 Å². The fourth-order valence-electron chi connectivity index (χ4n) is 2.63. The number of carbonyl (C=O) groups is 1. The van der Waals surface area contributed by atoms with E-state index < -0.39 is 0 Å². The standard InChI is InChI=1S/C12H22O2/c1-9-6-5-7-12(3,4)11(9)8-14-10(2)13/h9,11H,5-8H2,1-4H3. The van der Waals surface area contributed by atoms with E-state index in [4.69, 9.17) is 4.74 Å². The highest BCUT2D eigenvalue weighted by Gasteiger charge is 2.37. The van der Waals surface area contributed by atoms with Crippen molar-refractivity contribution < 1.29 is 9.53 Å². The largest absolute Gasteiger partial charge is 0.466 e. The molecule has 1 aliphatic rings. The summed E-state index contributed by atoms with van der Waals surface area (Å²) in [5.74, 6) is 1.05. The third-order valence-corrected chi connectivity index (χ3v) is 3.64. The zero-order valence-corrected chi connectivity index (χ0v) is 9.80. The van der Waals surface area contributed by atoms with E-state index in [1.54, 1.807) is 0 Å². The highest BCUT2D eigenvalue weighted by Crippen LogP contribution is 2.43. The third-order valence-electron chi connectivity index (χ3n) is 3.64. The van der Waals surface area contributed by atoms with E-state index in [1.165, 1.54) is 26.2 Å². The van der Waals surface area contributed by atoms with Crippen molar-refractivity contribution in [2.45, 2.75) is 47.0 Å². The Morgan fingerprint density at radius 1 is 1.50 bits per heavy atom. The first-order valence-corrected chi connectivity index (χ1v) is 5.57. The molecule has 0 N–H and O–H groups in total. The Labute approximate surface area is 87.0 Å². The molecule has 0 aliphatic heterocycles. The van der Waals surface area contributed by atoms with Gasteiger partial charge in [0.05, 0.1) is 6.61 Å². The number of esters is 1. The maximum atomic E-state index is 10.8. The van der Waals surface area contributed by atoms with Crippen LogP contribution >= 0.6 is 0 Å². The van der Waals surface area contributed by atoms with Crippen LogP contribution in [0.25, 0.3) is 0 Å². The maximum absolute atomic E-state index is 10.8. The summed E-state index contributed by atoms with van der Waals surface area (Å²) in [5.41, 5.74) is 0.327. The van der Waals surface area contributed by atoms with E-state index in [0.29, 0.717) is 23.9 Å². The molecular weight excluding hydrogens is 176 g/mol. The Morgan fingerprint density at radius 3 is 2.64 bits per heavy atom. The number of carbonyl (C=O) groups excluding carboxylic acids is 1. The predicted molar refractivity (Wildman–Crippen MR) is 56.9 cm³/mol. The molecule has 2 unspecified atom stereocenters. The van der Waals surface area contributed by atoms with Gasteiger partial charge in [0.2, 0.25) is 0 Å². The summed E-state index contributed by atoms with van der Waals surface area (Å²) < 4.78 is 5.15. The molecule has 0 aromatic carbocycles. The van der Waals surface area contributed by atoms with Crippen LogP contribution in [0.1, 0.15) is 47.0 Å². The van der Waals surface area contributed by atoms with Gasteiger partial charge < -0.3 is 4.74 Å². The second-order valence-corrected chi connectivity index (χ2v) is 5.27. The minimum absolute atomic E-state index is 0.154. The topological polar surface area (TPSA) is 26.3 Å². The molecule has 1 rings (SSSR count). The lowest BCUT2D eigenvalue weighted by Crippen LogP contribution is -2.37. The van der Waals surface area contributed by atoms with Gasteiger partial charge in [-0.05, 0) is 17.8 Å². The third kappa shape index (κ3) is 2.73. The SMILES string of the molecule is CC(=O)OCC1C(C)CCCC1(C)C. The van der Waals surface area contributed by atoms with Gasteiger partial charge in [-0.3, -0.25) is 4.79 Å². The molecular formula is C12H22O2. The van der Waals surface area contributed by atoms with Crippen LogP contribution in [0.3, 0.4) is 0 Å². The van der Waals surface area contributed by atoms with Gasteiger partial charge in [0.1, 0.15) is 0 Å². The average molecular weight is 198 g/mol. The van der Waals surface area contributed by atoms with Gasteiger partial charge in [-0.25, -0.2) is 0 Å². The summed E-state index contributed by atoms with van der Waals surface area (Å²) in [6.07, 6.45) is 3.84. The summed E-state index contributed by atoms with van der Waals surface area (Å²) in [7, 11) is 0. The van der Waals surface area contributed by atoms with Gasteiger partial charge >= 0.3 is 5.97 Å². The Balaban J connectivity index is 2.56. The van der Waals surface area contributed by atoms with Crippen molar-refractivity contribution >= 4 is 5.97 Å². The van der Waals surface area contributed by atoms with Gasteiger partial charge in [0.25, 0.3) is 0 Å². The van der Waals surface area contributed by atoms with Crippen LogP contribution in [-0.2, 0) is 9.53 Å². The van der Waals surface area contributed by atoms with Crippen LogP contribution in [0.5, 0.6) is 0 Å². The molecule has 0 bridgehead atoms. The molecule has 2 atom stereocenters. The first-order chi connectivity index (χ1) is 6.43. The van der Waals surface area contributed by atoms with Crippen LogP contribution in [-0.4, -0.2) is 12.6 Å². The first-order valence-electron chi connectivity index (χ1n) is 5.57. The summed E-state index contributed by atoms with van der Waals surface area (Å²) in [5, 5.41) is 0. The molecule has 2 nitrogen and oxygen atoms in total. The molecule has 0 radical (unpaired) electrons. The second kappa shape index (κ2) is 4.33. The molecule has 82 valence electrons. The molecule has 1 saturated carbocycles. The fourth-order valence-corrected chi connectivity index (χ4v) is 2.63. The normalized spacial score (nSPS) is 31.1. The molecule has 0 aromatic rings. The zero-order chi connectivity index (χ0) is 10.8. The Hall–Kier alpha value is -0.530. The number of hydrogen-bond donors (Lipinski definition) is 0. The molecule has 1 aliphatic carbocycles. The van der Waals surface area contributed by atoms with E-state index in [1.807, 2.05) is 0 Å². The van der Waals surface area contributed by atoms with Crippen molar-refractivity contribution in [2.75, 3.05) is 6.61 Å². The van der Waals surface area contributed by atoms with Crippen LogP contribution < -0.4 is 0 Å². The number of rotatable bonds is 2. The summed E-state index contributed by atoms with van der Waals surface area (Å²) in [4.78, 5) is 10.8. The average Bonchev–Trinajstić information content (AvgIpc) is 2.01. The Morgan fingerprint density at radius 2 is 2.14 bits per heavy atom. The van der Waals surface area contributed by atoms with E-state index in [9.17, 15) is 4.79 Å². The highest BCUT2D eigenvalue weighted by atomic mass is 16.5. The first kappa shape index (κ1) is 11.5. The monoisotopic (exact) mass is 198 g/mol. The fraction of sp³-hybridized carbons (Fsp3) is 0.917. The lowest BCUT2D eigenvalue weighted by molar-refractivity contribution is -0.145. The second-order valence-electron chi connectivity index (χ2n) is 5.27. The molecule has 2 heteroatoms. The minimum Gasteiger partial charge on any atom is -0.466 e. The van der Waals surface area contributed by atoms with Crippen LogP contribution in [0.4, 0.5) is 0 Å². The van der Waals surface area contributed by atoms with Gasteiger partial charge in [0, 0.05) is 12.8 Å². The Bertz CT molecular complexity index is 208. The van der Waals surface area contributed by atoms with Crippen molar-refractivity contribution in [2.24, 2.45) is 17.3 Å². The predicted octanol–water partition coefficient (Wildman–Crippen LogP) is 3.01. The summed E-state index contributed by atoms with van der Waals surface area (Å²) in [6.45, 7) is 8.94. The molecule has 0 amide bonds.